The fraction of sp³-hybridized carbons (Fsp3) is 0.308. The number of methoxy groups -OCH3 is 1. The van der Waals surface area contributed by atoms with Crippen molar-refractivity contribution in [3.8, 4) is 11.5 Å². The van der Waals surface area contributed by atoms with Gasteiger partial charge in [-0.25, -0.2) is 13.1 Å². The number of ether oxygens (including phenoxy) is 2. The van der Waals surface area contributed by atoms with E-state index in [1.807, 2.05) is 23.7 Å². The van der Waals surface area contributed by atoms with Crippen molar-refractivity contribution in [2.75, 3.05) is 20.3 Å². The van der Waals surface area contributed by atoms with Crippen LogP contribution >= 0.6 is 0 Å². The molecule has 2 aliphatic rings. The minimum atomic E-state index is -3.69. The highest BCUT2D eigenvalue weighted by molar-refractivity contribution is 7.89. The molecule has 0 saturated carbocycles. The first kappa shape index (κ1) is 22.8. The lowest BCUT2D eigenvalue weighted by atomic mass is 10.1. The molecule has 0 aliphatic carbocycles. The molecule has 2 aliphatic heterocycles. The summed E-state index contributed by atoms with van der Waals surface area (Å²) >= 11 is 0. The number of nitrogens with zero attached hydrogens (tertiary/aromatic N) is 4. The normalized spacial score (nSPS) is 15.5. The largest absolute Gasteiger partial charge is 0.497 e. The topological polar surface area (TPSA) is 95.7 Å². The summed E-state index contributed by atoms with van der Waals surface area (Å²) in [5, 5.41) is 5.25. The number of aryl methyl sites for hydroxylation is 1. The van der Waals surface area contributed by atoms with Crippen molar-refractivity contribution >= 4 is 20.9 Å². The Kier molecular flexibility index (Phi) is 5.38. The molecule has 4 aromatic rings. The highest BCUT2D eigenvalue weighted by Gasteiger charge is 2.32. The molecule has 10 heteroatoms. The Hall–Kier alpha value is -3.63. The Morgan fingerprint density at radius 2 is 1.92 bits per heavy atom. The van der Waals surface area contributed by atoms with E-state index in [4.69, 9.17) is 9.47 Å². The summed E-state index contributed by atoms with van der Waals surface area (Å²) in [6, 6.07) is 12.4. The molecule has 0 atom stereocenters. The predicted octanol–water partition coefficient (Wildman–Crippen LogP) is 2.47. The molecule has 36 heavy (non-hydrogen) atoms. The van der Waals surface area contributed by atoms with Crippen LogP contribution in [0.25, 0.3) is 10.9 Å². The van der Waals surface area contributed by atoms with Crippen LogP contribution in [0, 0.1) is 0 Å². The van der Waals surface area contributed by atoms with E-state index in [0.717, 1.165) is 39.9 Å². The second-order valence-electron chi connectivity index (χ2n) is 9.16. The third-order valence-electron chi connectivity index (χ3n) is 7.15. The van der Waals surface area contributed by atoms with Crippen molar-refractivity contribution in [3.63, 3.8) is 0 Å². The van der Waals surface area contributed by atoms with Crippen LogP contribution in [0.3, 0.4) is 0 Å². The second-order valence-corrected chi connectivity index (χ2v) is 11.1. The van der Waals surface area contributed by atoms with Gasteiger partial charge in [-0.3, -0.25) is 4.79 Å². The second kappa shape index (κ2) is 8.49. The van der Waals surface area contributed by atoms with Gasteiger partial charge in [-0.1, -0.05) is 12.1 Å². The molecule has 6 rings (SSSR count). The van der Waals surface area contributed by atoms with Gasteiger partial charge in [0.2, 0.25) is 10.0 Å². The van der Waals surface area contributed by atoms with Gasteiger partial charge in [0.1, 0.15) is 17.0 Å². The van der Waals surface area contributed by atoms with E-state index >= 15 is 0 Å². The summed E-state index contributed by atoms with van der Waals surface area (Å²) in [4.78, 5) is 13.7. The molecule has 0 radical (unpaired) electrons. The quantitative estimate of drug-likeness (QED) is 0.413. The molecule has 9 nitrogen and oxygen atoms in total. The number of hydrogen-bond donors (Lipinski definition) is 0. The highest BCUT2D eigenvalue weighted by atomic mass is 32.2. The standard InChI is InChI=1S/C26H26N4O5S/c1-28-23-16-29(36(32,33)20-6-4-19(34-2)5-7-20)11-9-21(23)22-14-27-30(26(31)25(22)28)15-17-3-8-24-18(13-17)10-12-35-24/h3-8,13-14H,9-12,15-16H2,1-2H3. The van der Waals surface area contributed by atoms with Crippen molar-refractivity contribution in [1.82, 2.24) is 18.7 Å². The van der Waals surface area contributed by atoms with Crippen molar-refractivity contribution in [2.24, 2.45) is 7.05 Å². The van der Waals surface area contributed by atoms with E-state index in [0.29, 0.717) is 37.4 Å². The summed E-state index contributed by atoms with van der Waals surface area (Å²) in [6.07, 6.45) is 3.11. The lowest BCUT2D eigenvalue weighted by molar-refractivity contribution is 0.357. The van der Waals surface area contributed by atoms with E-state index in [-0.39, 0.29) is 17.0 Å². The molecule has 0 N–H and O–H groups in total. The number of benzene rings is 2. The first-order valence-corrected chi connectivity index (χ1v) is 13.3. The number of aromatic nitrogens is 3. The molecule has 0 unspecified atom stereocenters. The molecule has 0 fully saturated rings. The summed E-state index contributed by atoms with van der Waals surface area (Å²) in [6.45, 7) is 1.57. The predicted molar refractivity (Wildman–Crippen MR) is 134 cm³/mol. The first-order valence-electron chi connectivity index (χ1n) is 11.8. The zero-order chi connectivity index (χ0) is 25.0. The average Bonchev–Trinajstić information content (AvgIpc) is 3.48. The Morgan fingerprint density at radius 1 is 1.11 bits per heavy atom. The molecule has 186 valence electrons. The van der Waals surface area contributed by atoms with Gasteiger partial charge in [-0.15, -0.1) is 0 Å². The molecular formula is C26H26N4O5S. The minimum Gasteiger partial charge on any atom is -0.497 e. The van der Waals surface area contributed by atoms with Crippen LogP contribution in [0.15, 0.2) is 58.4 Å². The van der Waals surface area contributed by atoms with Crippen LogP contribution in [-0.2, 0) is 43.0 Å². The van der Waals surface area contributed by atoms with Gasteiger partial charge in [-0.05, 0) is 53.4 Å². The number of rotatable bonds is 5. The van der Waals surface area contributed by atoms with Gasteiger partial charge in [0, 0.05) is 31.1 Å². The SMILES string of the molecule is COc1ccc(S(=O)(=O)N2CCc3c(n(C)c4c(=O)n(Cc5ccc6c(c5)CCO6)ncc34)C2)cc1. The molecule has 0 amide bonds. The molecule has 4 heterocycles. The maximum absolute atomic E-state index is 13.5. The monoisotopic (exact) mass is 506 g/mol. The zero-order valence-corrected chi connectivity index (χ0v) is 20.9. The smallest absolute Gasteiger partial charge is 0.291 e. The summed E-state index contributed by atoms with van der Waals surface area (Å²) in [5.74, 6) is 1.50. The number of sulfonamides is 1. The van der Waals surface area contributed by atoms with Gasteiger partial charge >= 0.3 is 0 Å². The van der Waals surface area contributed by atoms with E-state index in [1.165, 1.54) is 8.99 Å². The third kappa shape index (κ3) is 3.59. The molecule has 2 aromatic carbocycles. The Bertz CT molecular complexity index is 1650. The Morgan fingerprint density at radius 3 is 2.69 bits per heavy atom. The summed E-state index contributed by atoms with van der Waals surface area (Å²) in [7, 11) is -0.329. The third-order valence-corrected chi connectivity index (χ3v) is 9.01. The maximum Gasteiger partial charge on any atom is 0.291 e. The van der Waals surface area contributed by atoms with E-state index < -0.39 is 10.0 Å². The lowest BCUT2D eigenvalue weighted by Gasteiger charge is -2.27. The van der Waals surface area contributed by atoms with E-state index in [1.54, 1.807) is 37.6 Å². The van der Waals surface area contributed by atoms with E-state index in [9.17, 15) is 13.2 Å². The molecule has 2 aromatic heterocycles. The summed E-state index contributed by atoms with van der Waals surface area (Å²) < 4.78 is 42.1. The molecule has 0 saturated heterocycles. The van der Waals surface area contributed by atoms with Crippen molar-refractivity contribution in [3.05, 3.63) is 81.4 Å². The van der Waals surface area contributed by atoms with Crippen LogP contribution in [-0.4, -0.2) is 47.3 Å². The maximum atomic E-state index is 13.5. The Balaban J connectivity index is 1.33. The summed E-state index contributed by atoms with van der Waals surface area (Å²) in [5.41, 5.74) is 4.30. The van der Waals surface area contributed by atoms with Crippen LogP contribution in [0.4, 0.5) is 0 Å². The number of hydrogen-bond acceptors (Lipinski definition) is 6. The lowest BCUT2D eigenvalue weighted by Crippen LogP contribution is -2.36. The van der Waals surface area contributed by atoms with Crippen LogP contribution in [0.1, 0.15) is 22.4 Å². The minimum absolute atomic E-state index is 0.189. The zero-order valence-electron chi connectivity index (χ0n) is 20.1. The average molecular weight is 507 g/mol. The Labute approximate surface area is 208 Å². The van der Waals surface area contributed by atoms with Crippen molar-refractivity contribution < 1.29 is 17.9 Å². The van der Waals surface area contributed by atoms with Gasteiger partial charge in [-0.2, -0.15) is 9.40 Å². The van der Waals surface area contributed by atoms with Gasteiger partial charge in [0.25, 0.3) is 5.56 Å². The van der Waals surface area contributed by atoms with Gasteiger partial charge in [0.15, 0.2) is 0 Å². The van der Waals surface area contributed by atoms with Crippen molar-refractivity contribution in [2.45, 2.75) is 30.8 Å². The van der Waals surface area contributed by atoms with Crippen LogP contribution in [0.2, 0.25) is 0 Å². The number of fused-ring (bicyclic) bond motifs is 4. The van der Waals surface area contributed by atoms with Crippen LogP contribution < -0.4 is 15.0 Å². The highest BCUT2D eigenvalue weighted by Crippen LogP contribution is 2.31. The van der Waals surface area contributed by atoms with Gasteiger partial charge < -0.3 is 14.0 Å². The van der Waals surface area contributed by atoms with E-state index in [2.05, 4.69) is 11.2 Å². The fourth-order valence-electron chi connectivity index (χ4n) is 5.21. The van der Waals surface area contributed by atoms with Crippen molar-refractivity contribution in [1.29, 1.82) is 0 Å². The molecule has 0 spiro atoms. The van der Waals surface area contributed by atoms with Gasteiger partial charge in [0.05, 0.1) is 37.9 Å². The van der Waals surface area contributed by atoms with Crippen LogP contribution in [0.5, 0.6) is 11.5 Å². The molecule has 0 bridgehead atoms. The fourth-order valence-corrected chi connectivity index (χ4v) is 6.61. The molecular weight excluding hydrogens is 480 g/mol. The first-order chi connectivity index (χ1) is 17.4.